The van der Waals surface area contributed by atoms with Crippen LogP contribution in [0.25, 0.3) is 5.53 Å². The van der Waals surface area contributed by atoms with Crippen molar-refractivity contribution in [2.24, 2.45) is 5.11 Å². The van der Waals surface area contributed by atoms with E-state index in [-0.39, 0.29) is 0 Å². The molecule has 0 amide bonds. The maximum Gasteiger partial charge on any atom is 0.154 e. The van der Waals surface area contributed by atoms with Crippen molar-refractivity contribution in [3.63, 3.8) is 0 Å². The standard InChI is InChI=1S/C6H4N2/c7-8-6-4-2-1-3-5-6/h2-5H. The van der Waals surface area contributed by atoms with Gasteiger partial charge >= 0.3 is 0 Å². The minimum Gasteiger partial charge on any atom is -0.704 e. The summed E-state index contributed by atoms with van der Waals surface area (Å²) < 4.78 is 0. The number of hydrogen-bond donors (Lipinski definition) is 0. The quantitative estimate of drug-likeness (QED) is 0.359. The summed E-state index contributed by atoms with van der Waals surface area (Å²) in [6.45, 7) is 0. The molecule has 0 fully saturated rings. The van der Waals surface area contributed by atoms with Crippen LogP contribution in [0.2, 0.25) is 0 Å². The highest BCUT2D eigenvalue weighted by atomic mass is 15.0. The maximum absolute atomic E-state index is 8.15. The third kappa shape index (κ3) is 0.863. The fourth-order valence-electron chi connectivity index (χ4n) is 0.445. The fourth-order valence-corrected chi connectivity index (χ4v) is 0.445. The van der Waals surface area contributed by atoms with Gasteiger partial charge in [0.15, 0.2) is 5.70 Å². The topological polar surface area (TPSA) is 34.7 Å². The second kappa shape index (κ2) is 2.15. The van der Waals surface area contributed by atoms with E-state index in [2.05, 4.69) is 11.2 Å². The summed E-state index contributed by atoms with van der Waals surface area (Å²) >= 11 is 0. The Labute approximate surface area is 47.7 Å². The van der Waals surface area contributed by atoms with Crippen molar-refractivity contribution in [3.8, 4) is 0 Å². The van der Waals surface area contributed by atoms with Crippen LogP contribution in [0.1, 0.15) is 0 Å². The minimum absolute atomic E-state index is 0.559. The highest BCUT2D eigenvalue weighted by molar-refractivity contribution is 5.28. The van der Waals surface area contributed by atoms with Gasteiger partial charge in [-0.1, -0.05) is 0 Å². The zero-order chi connectivity index (χ0) is 5.82. The number of rotatable bonds is 1. The van der Waals surface area contributed by atoms with E-state index >= 15 is 0 Å². The van der Waals surface area contributed by atoms with Crippen molar-refractivity contribution in [3.05, 3.63) is 41.6 Å². The van der Waals surface area contributed by atoms with Crippen molar-refractivity contribution in [2.75, 3.05) is 0 Å². The maximum atomic E-state index is 8.15. The third-order valence-corrected chi connectivity index (χ3v) is 0.816. The molecule has 1 aliphatic rings. The minimum atomic E-state index is 0.559. The summed E-state index contributed by atoms with van der Waals surface area (Å²) in [5.41, 5.74) is 8.71. The lowest BCUT2D eigenvalue weighted by atomic mass is 10.3. The Hall–Kier alpha value is -1.27. The molecule has 0 radical (unpaired) electrons. The van der Waals surface area contributed by atoms with E-state index < -0.39 is 0 Å². The van der Waals surface area contributed by atoms with Crippen LogP contribution in [-0.2, 0) is 0 Å². The van der Waals surface area contributed by atoms with E-state index in [0.717, 1.165) is 0 Å². The Morgan fingerprint density at radius 1 is 1.62 bits per heavy atom. The van der Waals surface area contributed by atoms with Crippen LogP contribution >= 0.6 is 0 Å². The molecule has 8 heavy (non-hydrogen) atoms. The van der Waals surface area contributed by atoms with E-state index in [1.165, 1.54) is 0 Å². The largest absolute Gasteiger partial charge is 0.704 e. The Morgan fingerprint density at radius 3 is 2.88 bits per heavy atom. The van der Waals surface area contributed by atoms with Gasteiger partial charge in [0, 0.05) is 6.08 Å². The van der Waals surface area contributed by atoms with Crippen molar-refractivity contribution in [1.82, 2.24) is 0 Å². The Bertz CT molecular complexity index is 175. The zero-order valence-electron chi connectivity index (χ0n) is 4.20. The summed E-state index contributed by atoms with van der Waals surface area (Å²) in [6.07, 6.45) is 9.51. The summed E-state index contributed by atoms with van der Waals surface area (Å²) in [5, 5.41) is 2.95. The van der Waals surface area contributed by atoms with Gasteiger partial charge in [0.05, 0.1) is 12.2 Å². The Balaban J connectivity index is 2.82. The Kier molecular flexibility index (Phi) is 1.31. The highest BCUT2D eigenvalue weighted by Gasteiger charge is 1.92. The fraction of sp³-hybridized carbons (Fsp3) is 0. The van der Waals surface area contributed by atoms with Gasteiger partial charge in [-0.2, -0.15) is 0 Å². The van der Waals surface area contributed by atoms with E-state index in [4.69, 9.17) is 5.53 Å². The smallest absolute Gasteiger partial charge is 0.154 e. The average Bonchev–Trinajstić information content (AvgIpc) is 1.90. The molecule has 0 aromatic rings. The van der Waals surface area contributed by atoms with Crippen molar-refractivity contribution in [1.29, 1.82) is 0 Å². The molecule has 0 spiro atoms. The van der Waals surface area contributed by atoms with Gasteiger partial charge < -0.3 is 10.6 Å². The summed E-state index contributed by atoms with van der Waals surface area (Å²) in [6, 6.07) is 0. The third-order valence-electron chi connectivity index (χ3n) is 0.816. The van der Waals surface area contributed by atoms with Crippen molar-refractivity contribution < 1.29 is 0 Å². The molecule has 0 aliphatic heterocycles. The molecule has 0 N–H and O–H groups in total. The van der Waals surface area contributed by atoms with Gasteiger partial charge in [0.1, 0.15) is 12.2 Å². The van der Waals surface area contributed by atoms with E-state index in [0.29, 0.717) is 5.70 Å². The van der Waals surface area contributed by atoms with Crippen LogP contribution < -0.4 is 0 Å². The van der Waals surface area contributed by atoms with E-state index in [1.54, 1.807) is 24.3 Å². The molecular weight excluding hydrogens is 100 g/mol. The molecule has 1 aliphatic carbocycles. The first-order valence-corrected chi connectivity index (χ1v) is 2.24. The SMILES string of the molecule is [N-]=NC1=CC=[C+]C=C1. The molecule has 0 unspecified atom stereocenters. The molecule has 0 heterocycles. The van der Waals surface area contributed by atoms with Gasteiger partial charge in [-0.3, -0.25) is 0 Å². The first-order valence-electron chi connectivity index (χ1n) is 2.24. The molecule has 0 saturated heterocycles. The summed E-state index contributed by atoms with van der Waals surface area (Å²) in [7, 11) is 0. The van der Waals surface area contributed by atoms with Gasteiger partial charge in [-0.15, -0.1) is 0 Å². The van der Waals surface area contributed by atoms with Gasteiger partial charge in [-0.05, 0) is 0 Å². The van der Waals surface area contributed by atoms with Crippen molar-refractivity contribution >= 4 is 0 Å². The van der Waals surface area contributed by atoms with Crippen LogP contribution in [0.5, 0.6) is 0 Å². The van der Waals surface area contributed by atoms with Gasteiger partial charge in [-0.25, -0.2) is 0 Å². The molecule has 2 heteroatoms. The first-order chi connectivity index (χ1) is 3.93. The number of hydrogen-bond acceptors (Lipinski definition) is 1. The van der Waals surface area contributed by atoms with Gasteiger partial charge in [0.25, 0.3) is 0 Å². The van der Waals surface area contributed by atoms with Crippen LogP contribution in [0.15, 0.2) is 35.1 Å². The molecule has 0 saturated carbocycles. The van der Waals surface area contributed by atoms with E-state index in [1.807, 2.05) is 0 Å². The lowest BCUT2D eigenvalue weighted by Gasteiger charge is -1.87. The average molecular weight is 104 g/mol. The van der Waals surface area contributed by atoms with Crippen molar-refractivity contribution in [2.45, 2.75) is 0 Å². The monoisotopic (exact) mass is 104 g/mol. The van der Waals surface area contributed by atoms with Gasteiger partial charge in [0.2, 0.25) is 0 Å². The van der Waals surface area contributed by atoms with Crippen LogP contribution in [-0.4, -0.2) is 0 Å². The molecule has 0 atom stereocenters. The first kappa shape index (κ1) is 4.88. The summed E-state index contributed by atoms with van der Waals surface area (Å²) in [5.74, 6) is 0. The normalized spacial score (nSPS) is 14.8. The van der Waals surface area contributed by atoms with E-state index in [9.17, 15) is 0 Å². The predicted octanol–water partition coefficient (Wildman–Crippen LogP) is 1.82. The second-order valence-corrected chi connectivity index (χ2v) is 1.36. The predicted molar refractivity (Wildman–Crippen MR) is 30.8 cm³/mol. The lowest BCUT2D eigenvalue weighted by Crippen LogP contribution is -1.71. The van der Waals surface area contributed by atoms with Crippen LogP contribution in [0.4, 0.5) is 0 Å². The molecule has 2 nitrogen and oxygen atoms in total. The highest BCUT2D eigenvalue weighted by Crippen LogP contribution is 2.02. The van der Waals surface area contributed by atoms with Crippen LogP contribution in [0.3, 0.4) is 0 Å². The molecule has 38 valence electrons. The molecule has 0 bridgehead atoms. The number of nitrogens with zero attached hydrogens (tertiary/aromatic N) is 2. The number of allylic oxidation sites excluding steroid dienone is 5. The second-order valence-electron chi connectivity index (χ2n) is 1.36. The zero-order valence-corrected chi connectivity index (χ0v) is 4.20. The molecular formula is C6H4N2. The Morgan fingerprint density at radius 2 is 2.50 bits per heavy atom. The molecule has 0 aromatic carbocycles. The summed E-state index contributed by atoms with van der Waals surface area (Å²) in [4.78, 5) is 0. The van der Waals surface area contributed by atoms with Crippen LogP contribution in [0, 0.1) is 6.08 Å². The lowest BCUT2D eigenvalue weighted by molar-refractivity contribution is 1.37. The molecule has 0 aromatic heterocycles. The molecule has 1 rings (SSSR count).